The van der Waals surface area contributed by atoms with Crippen molar-refractivity contribution in [2.24, 2.45) is 7.05 Å². The molecular formula is C18H19ClN2. The fourth-order valence-corrected chi connectivity index (χ4v) is 2.96. The number of halogens is 1. The van der Waals surface area contributed by atoms with Crippen molar-refractivity contribution in [3.8, 4) is 0 Å². The average molecular weight is 299 g/mol. The first-order chi connectivity index (χ1) is 10.1. The third-order valence-corrected chi connectivity index (χ3v) is 4.55. The first-order valence-electron chi connectivity index (χ1n) is 7.11. The van der Waals surface area contributed by atoms with Gasteiger partial charge in [-0.2, -0.15) is 0 Å². The molecule has 0 bridgehead atoms. The number of rotatable bonds is 3. The molecule has 0 aliphatic rings. The van der Waals surface area contributed by atoms with Crippen molar-refractivity contribution < 1.29 is 0 Å². The van der Waals surface area contributed by atoms with Crippen LogP contribution in [0.5, 0.6) is 0 Å². The van der Waals surface area contributed by atoms with Crippen LogP contribution >= 0.6 is 11.6 Å². The second kappa shape index (κ2) is 5.45. The summed E-state index contributed by atoms with van der Waals surface area (Å²) in [5, 5.41) is 5.58. The van der Waals surface area contributed by atoms with Crippen LogP contribution in [0.2, 0.25) is 5.02 Å². The minimum Gasteiger partial charge on any atom is -0.379 e. The van der Waals surface area contributed by atoms with Crippen molar-refractivity contribution in [1.29, 1.82) is 0 Å². The lowest BCUT2D eigenvalue weighted by Gasteiger charge is -2.10. The zero-order valence-corrected chi connectivity index (χ0v) is 13.3. The molecule has 21 heavy (non-hydrogen) atoms. The summed E-state index contributed by atoms with van der Waals surface area (Å²) in [7, 11) is 2.12. The minimum absolute atomic E-state index is 0.788. The quantitative estimate of drug-likeness (QED) is 0.715. The number of hydrogen-bond acceptors (Lipinski definition) is 1. The first-order valence-corrected chi connectivity index (χ1v) is 7.48. The Morgan fingerprint density at radius 2 is 1.86 bits per heavy atom. The molecule has 2 aromatic carbocycles. The Morgan fingerprint density at radius 3 is 2.57 bits per heavy atom. The van der Waals surface area contributed by atoms with E-state index in [1.54, 1.807) is 0 Å². The number of nitrogens with zero attached hydrogens (tertiary/aromatic N) is 1. The number of aryl methyl sites for hydroxylation is 3. The van der Waals surface area contributed by atoms with Crippen LogP contribution in [0.15, 0.2) is 42.5 Å². The van der Waals surface area contributed by atoms with Gasteiger partial charge in [0.05, 0.1) is 6.54 Å². The molecule has 3 rings (SSSR count). The van der Waals surface area contributed by atoms with Gasteiger partial charge in [-0.25, -0.2) is 0 Å². The van der Waals surface area contributed by atoms with Gasteiger partial charge in [-0.15, -0.1) is 0 Å². The van der Waals surface area contributed by atoms with Crippen molar-refractivity contribution in [1.82, 2.24) is 4.57 Å². The summed E-state index contributed by atoms with van der Waals surface area (Å²) in [4.78, 5) is 0. The molecule has 1 heterocycles. The fraction of sp³-hybridized carbons (Fsp3) is 0.222. The van der Waals surface area contributed by atoms with Gasteiger partial charge in [-0.3, -0.25) is 0 Å². The van der Waals surface area contributed by atoms with E-state index < -0.39 is 0 Å². The highest BCUT2D eigenvalue weighted by Gasteiger charge is 2.10. The number of para-hydroxylation sites is 1. The van der Waals surface area contributed by atoms with Crippen LogP contribution in [0, 0.1) is 13.8 Å². The van der Waals surface area contributed by atoms with Gasteiger partial charge in [0.25, 0.3) is 0 Å². The molecular weight excluding hydrogens is 280 g/mol. The summed E-state index contributed by atoms with van der Waals surface area (Å²) in [5.41, 5.74) is 6.05. The number of aromatic nitrogens is 1. The van der Waals surface area contributed by atoms with E-state index in [0.29, 0.717) is 0 Å². The molecule has 1 N–H and O–H groups in total. The van der Waals surface area contributed by atoms with Crippen LogP contribution in [-0.2, 0) is 13.6 Å². The van der Waals surface area contributed by atoms with Gasteiger partial charge in [-0.1, -0.05) is 35.9 Å². The lowest BCUT2D eigenvalue weighted by molar-refractivity contribution is 0.862. The molecule has 0 amide bonds. The van der Waals surface area contributed by atoms with Gasteiger partial charge < -0.3 is 9.88 Å². The lowest BCUT2D eigenvalue weighted by atomic mass is 10.1. The third-order valence-electron chi connectivity index (χ3n) is 4.14. The number of fused-ring (bicyclic) bond motifs is 1. The van der Waals surface area contributed by atoms with E-state index >= 15 is 0 Å². The van der Waals surface area contributed by atoms with Gasteiger partial charge >= 0.3 is 0 Å². The number of nitrogens with one attached hydrogen (secondary N) is 1. The van der Waals surface area contributed by atoms with Crippen LogP contribution in [0.1, 0.15) is 16.8 Å². The lowest BCUT2D eigenvalue weighted by Crippen LogP contribution is -2.05. The molecule has 0 atom stereocenters. The Labute approximate surface area is 130 Å². The third kappa shape index (κ3) is 2.52. The molecule has 2 nitrogen and oxygen atoms in total. The molecule has 3 aromatic rings. The highest BCUT2D eigenvalue weighted by Crippen LogP contribution is 2.26. The van der Waals surface area contributed by atoms with Crippen molar-refractivity contribution in [3.05, 3.63) is 64.3 Å². The molecule has 0 fully saturated rings. The predicted octanol–water partition coefficient (Wildman–Crippen LogP) is 5.06. The summed E-state index contributed by atoms with van der Waals surface area (Å²) in [5.74, 6) is 0. The summed E-state index contributed by atoms with van der Waals surface area (Å²) >= 11 is 6.18. The van der Waals surface area contributed by atoms with E-state index in [1.807, 2.05) is 19.1 Å². The fourth-order valence-electron chi connectivity index (χ4n) is 2.78. The van der Waals surface area contributed by atoms with E-state index in [-0.39, 0.29) is 0 Å². The van der Waals surface area contributed by atoms with Crippen LogP contribution in [0.4, 0.5) is 5.69 Å². The van der Waals surface area contributed by atoms with Crippen LogP contribution in [0.25, 0.3) is 10.9 Å². The zero-order chi connectivity index (χ0) is 15.0. The highest BCUT2D eigenvalue weighted by atomic mass is 35.5. The second-order valence-electron chi connectivity index (χ2n) is 5.47. The highest BCUT2D eigenvalue weighted by molar-refractivity contribution is 6.31. The Morgan fingerprint density at radius 1 is 1.10 bits per heavy atom. The van der Waals surface area contributed by atoms with Crippen LogP contribution in [0.3, 0.4) is 0 Å². The van der Waals surface area contributed by atoms with Gasteiger partial charge in [-0.05, 0) is 43.2 Å². The van der Waals surface area contributed by atoms with Gasteiger partial charge in [0.1, 0.15) is 0 Å². The first kappa shape index (κ1) is 14.0. The molecule has 0 saturated heterocycles. The number of anilines is 1. The molecule has 0 spiro atoms. The van der Waals surface area contributed by atoms with E-state index in [0.717, 1.165) is 22.8 Å². The number of benzene rings is 2. The average Bonchev–Trinajstić information content (AvgIpc) is 2.73. The van der Waals surface area contributed by atoms with Crippen molar-refractivity contribution >= 4 is 28.2 Å². The van der Waals surface area contributed by atoms with Crippen molar-refractivity contribution in [2.75, 3.05) is 5.32 Å². The summed E-state index contributed by atoms with van der Waals surface area (Å²) in [6.07, 6.45) is 0. The molecule has 0 unspecified atom stereocenters. The summed E-state index contributed by atoms with van der Waals surface area (Å²) < 4.78 is 2.26. The van der Waals surface area contributed by atoms with Crippen molar-refractivity contribution in [3.63, 3.8) is 0 Å². The maximum Gasteiger partial charge on any atom is 0.0556 e. The van der Waals surface area contributed by atoms with Crippen LogP contribution in [-0.4, -0.2) is 4.57 Å². The maximum atomic E-state index is 6.18. The second-order valence-corrected chi connectivity index (χ2v) is 5.87. The normalized spacial score (nSPS) is 11.0. The standard InChI is InChI=1S/C18H19ClN2/c1-12-8-9-14(10-16(12)19)20-11-18-13(2)15-6-4-5-7-17(15)21(18)3/h4-10,20H,11H2,1-3H3. The van der Waals surface area contributed by atoms with E-state index in [1.165, 1.54) is 22.2 Å². The Kier molecular flexibility index (Phi) is 3.64. The summed E-state index contributed by atoms with van der Waals surface area (Å²) in [6.45, 7) is 4.98. The molecule has 0 aliphatic carbocycles. The molecule has 0 saturated carbocycles. The number of hydrogen-bond donors (Lipinski definition) is 1. The Bertz CT molecular complexity index is 763. The summed E-state index contributed by atoms with van der Waals surface area (Å²) in [6, 6.07) is 14.6. The molecule has 0 radical (unpaired) electrons. The largest absolute Gasteiger partial charge is 0.379 e. The van der Waals surface area contributed by atoms with Crippen molar-refractivity contribution in [2.45, 2.75) is 20.4 Å². The van der Waals surface area contributed by atoms with Gasteiger partial charge in [0.15, 0.2) is 0 Å². The Hall–Kier alpha value is -1.93. The topological polar surface area (TPSA) is 17.0 Å². The zero-order valence-electron chi connectivity index (χ0n) is 12.6. The molecule has 3 heteroatoms. The predicted molar refractivity (Wildman–Crippen MR) is 91.2 cm³/mol. The van der Waals surface area contributed by atoms with Gasteiger partial charge in [0, 0.05) is 34.4 Å². The smallest absolute Gasteiger partial charge is 0.0556 e. The monoisotopic (exact) mass is 298 g/mol. The SMILES string of the molecule is Cc1ccc(NCc2c(C)c3ccccc3n2C)cc1Cl. The van der Waals surface area contributed by atoms with E-state index in [4.69, 9.17) is 11.6 Å². The van der Waals surface area contributed by atoms with E-state index in [2.05, 4.69) is 54.2 Å². The maximum absolute atomic E-state index is 6.18. The van der Waals surface area contributed by atoms with Crippen LogP contribution < -0.4 is 5.32 Å². The van der Waals surface area contributed by atoms with Gasteiger partial charge in [0.2, 0.25) is 0 Å². The molecule has 108 valence electrons. The minimum atomic E-state index is 0.788. The molecule has 0 aliphatic heterocycles. The molecule has 1 aromatic heterocycles. The Balaban J connectivity index is 1.90. The van der Waals surface area contributed by atoms with E-state index in [9.17, 15) is 0 Å².